The summed E-state index contributed by atoms with van der Waals surface area (Å²) in [5.74, 6) is -1.31. The van der Waals surface area contributed by atoms with E-state index in [1.165, 1.54) is 40.9 Å². The molecule has 400 valence electrons. The number of carbonyl (C=O) groups excluding carboxylic acids is 1. The van der Waals surface area contributed by atoms with Gasteiger partial charge in [-0.1, -0.05) is 109 Å². The van der Waals surface area contributed by atoms with Gasteiger partial charge in [0.15, 0.2) is 0 Å². The van der Waals surface area contributed by atoms with E-state index in [2.05, 4.69) is 74.1 Å². The Morgan fingerprint density at radius 2 is 0.838 bits per heavy atom. The van der Waals surface area contributed by atoms with E-state index in [1.807, 2.05) is 119 Å². The van der Waals surface area contributed by atoms with Crippen molar-refractivity contribution in [2.75, 3.05) is 13.7 Å². The number of aliphatic carboxylic acids is 2. The van der Waals surface area contributed by atoms with Crippen LogP contribution in [0.1, 0.15) is 150 Å². The van der Waals surface area contributed by atoms with Crippen molar-refractivity contribution in [3.63, 3.8) is 0 Å². The Labute approximate surface area is 456 Å². The molecule has 5 aromatic rings. The van der Waals surface area contributed by atoms with Gasteiger partial charge in [-0.3, -0.25) is 14.4 Å². The van der Waals surface area contributed by atoms with Crippen LogP contribution in [0.3, 0.4) is 0 Å². The lowest BCUT2D eigenvalue weighted by Gasteiger charge is -2.29. The maximum absolute atomic E-state index is 11.2. The first kappa shape index (κ1) is 66.3. The zero-order chi connectivity index (χ0) is 56.1. The highest BCUT2D eigenvalue weighted by Gasteiger charge is 2.40. The van der Waals surface area contributed by atoms with E-state index < -0.39 is 33.6 Å². The summed E-state index contributed by atoms with van der Waals surface area (Å²) < 4.78 is 4.64. The van der Waals surface area contributed by atoms with Crippen LogP contribution in [-0.2, 0) is 40.8 Å². The lowest BCUT2D eigenvalue weighted by Crippen LogP contribution is -2.30. The summed E-state index contributed by atoms with van der Waals surface area (Å²) in [5, 5.41) is 71.9. The van der Waals surface area contributed by atoms with Crippen molar-refractivity contribution in [1.29, 1.82) is 21.0 Å². The first-order valence-electron chi connectivity index (χ1n) is 24.7. The minimum absolute atomic E-state index is 0.0314. The van der Waals surface area contributed by atoms with Gasteiger partial charge in [0, 0.05) is 51.4 Å². The Hall–Kier alpha value is -5.69. The highest BCUT2D eigenvalue weighted by atomic mass is 32.1. The lowest BCUT2D eigenvalue weighted by atomic mass is 9.74. The minimum atomic E-state index is -0.850. The van der Waals surface area contributed by atoms with Gasteiger partial charge in [-0.15, -0.1) is 45.3 Å². The summed E-state index contributed by atoms with van der Waals surface area (Å²) in [6, 6.07) is 33.5. The standard InChI is InChI=1S/C13H17NO2S.2C12H15NO2S.C12H17NOS.C9H13N/c1-10(2)13(9-14,7-6-12(15)16-3)11-5-4-8-17-11;2*1-9(2)12(8-13,6-5-11(14)15)10-4-3-7-16-10;1-10(2)12(9-13,6-4-7-14)11-5-3-8-15-11;1-7-3-5-9(6-4-7)8(2)10/h4-5,8,10H,6-7H2,1-3H3;2*3-4,7,9H,5-6H2,1-2H3,(H,14,15);3,5,8,10,14H,4,6-7H2,1-2H3;3-6,8H,10H2,1-2H3/t;;;;8-/m....0/s1. The van der Waals surface area contributed by atoms with Crippen molar-refractivity contribution in [2.45, 2.75) is 148 Å². The third-order valence-electron chi connectivity index (χ3n) is 13.3. The number of rotatable bonds is 21. The van der Waals surface area contributed by atoms with E-state index in [0.29, 0.717) is 25.7 Å². The highest BCUT2D eigenvalue weighted by Crippen LogP contribution is 2.42. The average Bonchev–Trinajstić information content (AvgIpc) is 4.24. The van der Waals surface area contributed by atoms with Crippen molar-refractivity contribution in [1.82, 2.24) is 0 Å². The van der Waals surface area contributed by atoms with Gasteiger partial charge < -0.3 is 25.8 Å². The molecule has 0 fully saturated rings. The normalized spacial score (nSPS) is 14.2. The molecular weight excluding hydrogens is 1010 g/mol. The van der Waals surface area contributed by atoms with E-state index in [9.17, 15) is 35.4 Å². The predicted octanol–water partition coefficient (Wildman–Crippen LogP) is 14.1. The molecule has 1 aromatic carbocycles. The Kier molecular flexibility index (Phi) is 29.8. The number of benzene rings is 1. The monoisotopic (exact) mass is 1080 g/mol. The summed E-state index contributed by atoms with van der Waals surface area (Å²) in [5.41, 5.74) is 5.82. The fraction of sp³-hybridized carbons (Fsp3) is 0.500. The zero-order valence-corrected chi connectivity index (χ0v) is 48.2. The number of ether oxygens (including phenoxy) is 1. The van der Waals surface area contributed by atoms with Crippen LogP contribution in [0, 0.1) is 75.9 Å². The number of hydrogen-bond acceptors (Lipinski definition) is 14. The summed E-state index contributed by atoms with van der Waals surface area (Å²) in [6.45, 7) is 20.2. The third-order valence-corrected chi connectivity index (χ3v) is 17.5. The molecule has 4 aromatic heterocycles. The smallest absolute Gasteiger partial charge is 0.305 e. The molecule has 74 heavy (non-hydrogen) atoms. The number of carbonyl (C=O) groups is 3. The Bertz CT molecular complexity index is 2450. The van der Waals surface area contributed by atoms with E-state index in [1.54, 1.807) is 22.7 Å². The number of esters is 1. The molecule has 0 bridgehead atoms. The topological polar surface area (TPSA) is 242 Å². The number of carboxylic acid groups (broad SMARTS) is 2. The van der Waals surface area contributed by atoms with Crippen LogP contribution in [0.2, 0.25) is 0 Å². The molecule has 5 rings (SSSR count). The molecular formula is C58H77N5O7S4. The number of aliphatic hydroxyl groups is 1. The first-order valence-corrected chi connectivity index (χ1v) is 28.3. The van der Waals surface area contributed by atoms with Crippen LogP contribution in [0.5, 0.6) is 0 Å². The van der Waals surface area contributed by atoms with Crippen LogP contribution >= 0.6 is 45.3 Å². The lowest BCUT2D eigenvalue weighted by molar-refractivity contribution is -0.141. The maximum Gasteiger partial charge on any atom is 0.305 e. The largest absolute Gasteiger partial charge is 0.481 e. The fourth-order valence-electron chi connectivity index (χ4n) is 8.11. The zero-order valence-electron chi connectivity index (χ0n) is 45.0. The van der Waals surface area contributed by atoms with Gasteiger partial charge in [0.25, 0.3) is 0 Å². The van der Waals surface area contributed by atoms with Crippen LogP contribution in [0.25, 0.3) is 0 Å². The van der Waals surface area contributed by atoms with Crippen molar-refractivity contribution in [2.24, 2.45) is 29.4 Å². The molecule has 0 saturated heterocycles. The van der Waals surface area contributed by atoms with Crippen LogP contribution in [-0.4, -0.2) is 46.9 Å². The fourth-order valence-corrected chi connectivity index (χ4v) is 12.3. The molecule has 12 nitrogen and oxygen atoms in total. The van der Waals surface area contributed by atoms with Crippen molar-refractivity contribution in [3.8, 4) is 24.3 Å². The molecule has 4 heterocycles. The van der Waals surface area contributed by atoms with E-state index >= 15 is 0 Å². The second-order valence-electron chi connectivity index (χ2n) is 19.3. The summed E-state index contributed by atoms with van der Waals surface area (Å²) in [7, 11) is 1.37. The number of aryl methyl sites for hydroxylation is 1. The molecule has 0 radical (unpaired) electrons. The molecule has 0 aliphatic rings. The Balaban J connectivity index is 0.000000466. The molecule has 4 unspecified atom stereocenters. The Morgan fingerprint density at radius 3 is 1.05 bits per heavy atom. The maximum atomic E-state index is 11.2. The van der Waals surface area contributed by atoms with E-state index in [0.717, 1.165) is 25.9 Å². The van der Waals surface area contributed by atoms with E-state index in [4.69, 9.17) is 21.1 Å². The van der Waals surface area contributed by atoms with Gasteiger partial charge in [-0.25, -0.2) is 0 Å². The van der Waals surface area contributed by atoms with Crippen molar-refractivity contribution >= 4 is 63.3 Å². The van der Waals surface area contributed by atoms with Crippen LogP contribution in [0.15, 0.2) is 94.3 Å². The predicted molar refractivity (Wildman–Crippen MR) is 301 cm³/mol. The number of carboxylic acids is 2. The van der Waals surface area contributed by atoms with Gasteiger partial charge in [0.05, 0.1) is 53.0 Å². The molecule has 0 saturated carbocycles. The molecule has 5 N–H and O–H groups in total. The van der Waals surface area contributed by atoms with Gasteiger partial charge in [-0.2, -0.15) is 21.0 Å². The summed E-state index contributed by atoms with van der Waals surface area (Å²) in [4.78, 5) is 36.6. The second kappa shape index (κ2) is 33.3. The molecule has 16 heteroatoms. The molecule has 5 atom stereocenters. The molecule has 0 spiro atoms. The number of nitriles is 4. The number of hydrogen-bond donors (Lipinski definition) is 4. The number of nitrogens with zero attached hydrogens (tertiary/aromatic N) is 4. The van der Waals surface area contributed by atoms with Gasteiger partial charge >= 0.3 is 17.9 Å². The number of aliphatic hydroxyl groups excluding tert-OH is 1. The van der Waals surface area contributed by atoms with Crippen LogP contribution < -0.4 is 5.73 Å². The van der Waals surface area contributed by atoms with Crippen molar-refractivity contribution in [3.05, 3.63) is 125 Å². The van der Waals surface area contributed by atoms with Crippen molar-refractivity contribution < 1.29 is 34.4 Å². The summed E-state index contributed by atoms with van der Waals surface area (Å²) in [6.07, 6.45) is 3.01. The second-order valence-corrected chi connectivity index (χ2v) is 23.0. The van der Waals surface area contributed by atoms with Gasteiger partial charge in [-0.05, 0) is 121 Å². The SMILES string of the molecule is CC(C)C(C#N)(CCC(=O)O)c1cccs1.CC(C)C(C#N)(CCC(=O)O)c1cccs1.CC(C)C(C#N)(CCCO)c1cccs1.COC(=O)CCC(C#N)(c1cccs1)C(C)C.Cc1ccc([C@H](C)N)cc1. The first-order chi connectivity index (χ1) is 35.0. The molecule has 0 aliphatic carbocycles. The highest BCUT2D eigenvalue weighted by molar-refractivity contribution is 7.11. The quantitative estimate of drug-likeness (QED) is 0.0502. The minimum Gasteiger partial charge on any atom is -0.481 e. The van der Waals surface area contributed by atoms with Gasteiger partial charge in [0.2, 0.25) is 0 Å². The van der Waals surface area contributed by atoms with Gasteiger partial charge in [0.1, 0.15) is 0 Å². The Morgan fingerprint density at radius 1 is 0.541 bits per heavy atom. The summed E-state index contributed by atoms with van der Waals surface area (Å²) >= 11 is 6.23. The third kappa shape index (κ3) is 19.2. The molecule has 0 amide bonds. The number of methoxy groups -OCH3 is 1. The number of nitrogens with two attached hydrogens (primary N) is 1. The van der Waals surface area contributed by atoms with Crippen LogP contribution in [0.4, 0.5) is 0 Å². The van der Waals surface area contributed by atoms with E-state index in [-0.39, 0.29) is 61.6 Å². The number of thiophene rings is 4. The molecule has 0 aliphatic heterocycles. The average molecular weight is 1080 g/mol.